The molecule has 2 atom stereocenters. The average molecular weight is 481 g/mol. The fourth-order valence-electron chi connectivity index (χ4n) is 3.84. The molecule has 1 aliphatic rings. The number of carbonyl (C=O) groups is 2. The van der Waals surface area contributed by atoms with Crippen molar-refractivity contribution in [1.82, 2.24) is 15.4 Å². The molecule has 2 heterocycles. The van der Waals surface area contributed by atoms with Gasteiger partial charge in [-0.25, -0.2) is 10.5 Å². The summed E-state index contributed by atoms with van der Waals surface area (Å²) in [6.07, 6.45) is 0.775. The Kier molecular flexibility index (Phi) is 7.61. The predicted molar refractivity (Wildman–Crippen MR) is 120 cm³/mol. The molecule has 1 aliphatic heterocycles. The summed E-state index contributed by atoms with van der Waals surface area (Å²) in [5.74, 6) is -0.224. The van der Waals surface area contributed by atoms with Gasteiger partial charge in [0.1, 0.15) is 34.2 Å². The fraction of sp³-hybridized carbons (Fsp3) is 0.409. The van der Waals surface area contributed by atoms with Gasteiger partial charge in [-0.15, -0.1) is 0 Å². The number of pyridine rings is 1. The number of halogens is 2. The van der Waals surface area contributed by atoms with Gasteiger partial charge in [0.05, 0.1) is 0 Å². The van der Waals surface area contributed by atoms with Gasteiger partial charge in [0.2, 0.25) is 5.91 Å². The van der Waals surface area contributed by atoms with E-state index in [1.165, 1.54) is 4.90 Å². The van der Waals surface area contributed by atoms with Gasteiger partial charge in [-0.2, -0.15) is 0 Å². The van der Waals surface area contributed by atoms with Crippen molar-refractivity contribution >= 4 is 35.0 Å². The van der Waals surface area contributed by atoms with Gasteiger partial charge >= 0.3 is 0 Å². The summed E-state index contributed by atoms with van der Waals surface area (Å²) in [6.45, 7) is 4.46. The minimum Gasteiger partial charge on any atom is -0.489 e. The lowest BCUT2D eigenvalue weighted by atomic mass is 9.89. The van der Waals surface area contributed by atoms with Crippen LogP contribution >= 0.6 is 23.2 Å². The molecule has 0 aliphatic carbocycles. The second kappa shape index (κ2) is 10.0. The molecule has 1 saturated heterocycles. The van der Waals surface area contributed by atoms with Crippen LogP contribution in [0, 0.1) is 5.92 Å². The first-order valence-electron chi connectivity index (χ1n) is 10.2. The summed E-state index contributed by atoms with van der Waals surface area (Å²) in [5, 5.41) is 9.67. The number of nitrogens with two attached hydrogens (primary N) is 1. The third-order valence-electron chi connectivity index (χ3n) is 5.47. The molecule has 2 unspecified atom stereocenters. The van der Waals surface area contributed by atoms with Gasteiger partial charge in [-0.05, 0) is 54.2 Å². The lowest BCUT2D eigenvalue weighted by Crippen LogP contribution is -2.52. The Bertz CT molecular complexity index is 966. The number of hydrogen-bond donors (Lipinski definition) is 3. The van der Waals surface area contributed by atoms with Crippen molar-refractivity contribution in [3.63, 3.8) is 0 Å². The highest BCUT2D eigenvalue weighted by Gasteiger charge is 2.48. The van der Waals surface area contributed by atoms with E-state index in [2.05, 4.69) is 4.98 Å². The van der Waals surface area contributed by atoms with Gasteiger partial charge in [0.25, 0.3) is 5.91 Å². The van der Waals surface area contributed by atoms with Crippen molar-refractivity contribution in [1.29, 1.82) is 0 Å². The molecule has 0 bridgehead atoms. The van der Waals surface area contributed by atoms with Gasteiger partial charge < -0.3 is 15.4 Å². The summed E-state index contributed by atoms with van der Waals surface area (Å²) in [5.41, 5.74) is 8.32. The first-order chi connectivity index (χ1) is 15.1. The van der Waals surface area contributed by atoms with Crippen LogP contribution in [0.25, 0.3) is 0 Å². The van der Waals surface area contributed by atoms with Gasteiger partial charge in [0, 0.05) is 6.54 Å². The zero-order chi connectivity index (χ0) is 23.5. The Morgan fingerprint density at radius 3 is 2.47 bits per heavy atom. The van der Waals surface area contributed by atoms with E-state index in [0.717, 1.165) is 5.56 Å². The first kappa shape index (κ1) is 24.3. The Balaban J connectivity index is 1.72. The molecule has 1 aromatic heterocycles. The van der Waals surface area contributed by atoms with Crippen LogP contribution in [0.1, 0.15) is 37.8 Å². The Morgan fingerprint density at radius 1 is 1.28 bits per heavy atom. The number of likely N-dealkylation sites (tertiary alicyclic amines) is 1. The van der Waals surface area contributed by atoms with Crippen LogP contribution in [-0.4, -0.2) is 39.5 Å². The Labute approximate surface area is 196 Å². The Morgan fingerprint density at radius 2 is 1.91 bits per heavy atom. The number of amides is 2. The highest BCUT2D eigenvalue weighted by atomic mass is 35.5. The molecule has 2 aromatic rings. The highest BCUT2D eigenvalue weighted by Crippen LogP contribution is 2.34. The second-order valence-electron chi connectivity index (χ2n) is 8.28. The zero-order valence-corrected chi connectivity index (χ0v) is 19.4. The maximum absolute atomic E-state index is 13.2. The van der Waals surface area contributed by atoms with Crippen molar-refractivity contribution in [2.45, 2.75) is 44.9 Å². The smallest absolute Gasteiger partial charge is 0.266 e. The largest absolute Gasteiger partial charge is 0.489 e. The molecular formula is C22H26Cl2N4O4. The summed E-state index contributed by atoms with van der Waals surface area (Å²) in [6, 6.07) is 9.50. The van der Waals surface area contributed by atoms with E-state index in [-0.39, 0.29) is 28.7 Å². The van der Waals surface area contributed by atoms with E-state index in [0.29, 0.717) is 30.7 Å². The monoisotopic (exact) mass is 480 g/mol. The van der Waals surface area contributed by atoms with Gasteiger partial charge in [-0.3, -0.25) is 14.8 Å². The van der Waals surface area contributed by atoms with E-state index in [1.807, 2.05) is 13.8 Å². The molecule has 2 amide bonds. The first-order valence-corrected chi connectivity index (χ1v) is 11.0. The van der Waals surface area contributed by atoms with E-state index < -0.39 is 17.5 Å². The van der Waals surface area contributed by atoms with Crippen LogP contribution in [0.2, 0.25) is 10.3 Å². The number of rotatable bonds is 8. The van der Waals surface area contributed by atoms with E-state index in [9.17, 15) is 9.59 Å². The highest BCUT2D eigenvalue weighted by molar-refractivity contribution is 6.32. The third-order valence-corrected chi connectivity index (χ3v) is 5.86. The number of hydroxylamine groups is 1. The molecule has 172 valence electrons. The molecule has 1 aromatic carbocycles. The molecule has 1 fully saturated rings. The van der Waals surface area contributed by atoms with Gasteiger partial charge in [-0.1, -0.05) is 49.2 Å². The normalized spacial score (nSPS) is 19.3. The Hall–Kier alpha value is -2.39. The second-order valence-corrected chi connectivity index (χ2v) is 9.05. The van der Waals surface area contributed by atoms with E-state index >= 15 is 0 Å². The number of ether oxygens (including phenoxy) is 1. The number of benzene rings is 1. The number of nitrogens with zero attached hydrogens (tertiary/aromatic N) is 2. The van der Waals surface area contributed by atoms with Crippen molar-refractivity contribution in [2.24, 2.45) is 11.7 Å². The molecule has 0 saturated carbocycles. The van der Waals surface area contributed by atoms with Crippen LogP contribution in [0.3, 0.4) is 0 Å². The maximum Gasteiger partial charge on any atom is 0.266 e. The van der Waals surface area contributed by atoms with Crippen molar-refractivity contribution in [3.05, 3.63) is 57.8 Å². The molecule has 0 spiro atoms. The fourth-order valence-corrected chi connectivity index (χ4v) is 4.34. The van der Waals surface area contributed by atoms with E-state index in [1.54, 1.807) is 41.9 Å². The summed E-state index contributed by atoms with van der Waals surface area (Å²) in [4.78, 5) is 30.7. The van der Waals surface area contributed by atoms with Crippen molar-refractivity contribution in [2.75, 3.05) is 6.54 Å². The average Bonchev–Trinajstić information content (AvgIpc) is 3.05. The summed E-state index contributed by atoms with van der Waals surface area (Å²) >= 11 is 11.8. The molecule has 3 rings (SSSR count). The molecule has 32 heavy (non-hydrogen) atoms. The number of hydrogen-bond acceptors (Lipinski definition) is 6. The minimum atomic E-state index is -1.25. The summed E-state index contributed by atoms with van der Waals surface area (Å²) < 4.78 is 5.77. The van der Waals surface area contributed by atoms with Crippen LogP contribution in [0.15, 0.2) is 36.4 Å². The lowest BCUT2D eigenvalue weighted by molar-refractivity contribution is -0.144. The molecule has 8 nitrogen and oxygen atoms in total. The number of nitrogens with one attached hydrogen (secondary N) is 1. The van der Waals surface area contributed by atoms with Crippen LogP contribution in [0.4, 0.5) is 0 Å². The van der Waals surface area contributed by atoms with Crippen molar-refractivity contribution in [3.8, 4) is 5.75 Å². The number of aromatic nitrogens is 1. The quantitative estimate of drug-likeness (QED) is 0.303. The van der Waals surface area contributed by atoms with E-state index in [4.69, 9.17) is 38.9 Å². The zero-order valence-electron chi connectivity index (χ0n) is 17.8. The van der Waals surface area contributed by atoms with Crippen molar-refractivity contribution < 1.29 is 19.5 Å². The lowest BCUT2D eigenvalue weighted by Gasteiger charge is -2.30. The van der Waals surface area contributed by atoms with Crippen LogP contribution in [-0.2, 0) is 21.7 Å². The van der Waals surface area contributed by atoms with Crippen LogP contribution in [0.5, 0.6) is 5.75 Å². The van der Waals surface area contributed by atoms with Crippen LogP contribution < -0.4 is 16.0 Å². The minimum absolute atomic E-state index is 0.152. The topological polar surface area (TPSA) is 118 Å². The summed E-state index contributed by atoms with van der Waals surface area (Å²) in [7, 11) is 0. The molecule has 4 N–H and O–H groups in total. The molecule has 0 radical (unpaired) electrons. The number of carbonyl (C=O) groups excluding carboxylic acids is 2. The maximum atomic E-state index is 13.2. The third kappa shape index (κ3) is 5.32. The molecular weight excluding hydrogens is 455 g/mol. The predicted octanol–water partition coefficient (Wildman–Crippen LogP) is 3.27. The SMILES string of the molecule is CC(C)CC(C(=O)NO)N1CCC(N)(c2ccc(OCc3cc(Cl)nc(Cl)c3)cc2)C1=O. The molecule has 10 heteroatoms. The standard InChI is InChI=1S/C22H26Cl2N4O4/c1-13(2)9-17(20(29)27-31)28-8-7-22(25,21(28)30)15-3-5-16(6-4-15)32-12-14-10-18(23)26-19(24)11-14/h3-6,10-11,13,17,31H,7-9,12,25H2,1-2H3,(H,27,29). The van der Waals surface area contributed by atoms with Gasteiger partial charge in [0.15, 0.2) is 0 Å².